The van der Waals surface area contributed by atoms with Crippen LogP contribution in [0.1, 0.15) is 28.7 Å². The van der Waals surface area contributed by atoms with Crippen molar-refractivity contribution < 1.29 is 4.79 Å². The SMILES string of the molecule is CCn1c(C)cc(C(=O)N2CCNCC2)c1C.Cl. The maximum absolute atomic E-state index is 12.4. The van der Waals surface area contributed by atoms with Crippen molar-refractivity contribution in [3.8, 4) is 0 Å². The van der Waals surface area contributed by atoms with Crippen LogP contribution in [0, 0.1) is 13.8 Å². The number of carbonyl (C=O) groups excluding carboxylic acids is 1. The average molecular weight is 272 g/mol. The first kappa shape index (κ1) is 15.1. The Balaban J connectivity index is 0.00000162. The predicted molar refractivity (Wildman–Crippen MR) is 75.6 cm³/mol. The maximum atomic E-state index is 12.4. The van der Waals surface area contributed by atoms with Crippen LogP contribution in [-0.4, -0.2) is 41.6 Å². The van der Waals surface area contributed by atoms with Gasteiger partial charge in [-0.15, -0.1) is 12.4 Å². The molecule has 5 heteroatoms. The molecule has 0 unspecified atom stereocenters. The van der Waals surface area contributed by atoms with E-state index in [9.17, 15) is 4.79 Å². The molecular weight excluding hydrogens is 250 g/mol. The summed E-state index contributed by atoms with van der Waals surface area (Å²) in [4.78, 5) is 14.3. The molecule has 102 valence electrons. The molecule has 0 atom stereocenters. The normalized spacial score (nSPS) is 15.4. The second kappa shape index (κ2) is 6.25. The molecule has 0 aromatic carbocycles. The average Bonchev–Trinajstić information content (AvgIpc) is 2.64. The largest absolute Gasteiger partial charge is 0.349 e. The molecule has 0 aliphatic carbocycles. The van der Waals surface area contributed by atoms with Gasteiger partial charge in [-0.1, -0.05) is 0 Å². The minimum absolute atomic E-state index is 0. The van der Waals surface area contributed by atoms with Crippen LogP contribution in [0.5, 0.6) is 0 Å². The highest BCUT2D eigenvalue weighted by molar-refractivity contribution is 5.95. The van der Waals surface area contributed by atoms with E-state index in [0.29, 0.717) is 0 Å². The lowest BCUT2D eigenvalue weighted by atomic mass is 10.2. The number of hydrogen-bond donors (Lipinski definition) is 1. The fourth-order valence-electron chi connectivity index (χ4n) is 2.54. The molecule has 4 nitrogen and oxygen atoms in total. The van der Waals surface area contributed by atoms with E-state index in [1.807, 2.05) is 17.9 Å². The second-order valence-electron chi connectivity index (χ2n) is 4.57. The molecule has 1 aromatic heterocycles. The summed E-state index contributed by atoms with van der Waals surface area (Å²) in [6, 6.07) is 2.02. The van der Waals surface area contributed by atoms with E-state index >= 15 is 0 Å². The number of aromatic nitrogens is 1. The Morgan fingerprint density at radius 3 is 2.44 bits per heavy atom. The van der Waals surface area contributed by atoms with Gasteiger partial charge in [-0.05, 0) is 26.8 Å². The fraction of sp³-hybridized carbons (Fsp3) is 0.615. The number of halogens is 1. The van der Waals surface area contributed by atoms with Gasteiger partial charge in [0, 0.05) is 44.1 Å². The summed E-state index contributed by atoms with van der Waals surface area (Å²) in [7, 11) is 0. The summed E-state index contributed by atoms with van der Waals surface area (Å²) in [5, 5.41) is 3.26. The van der Waals surface area contributed by atoms with E-state index in [-0.39, 0.29) is 18.3 Å². The van der Waals surface area contributed by atoms with Crippen LogP contribution >= 0.6 is 12.4 Å². The van der Waals surface area contributed by atoms with E-state index in [4.69, 9.17) is 0 Å². The van der Waals surface area contributed by atoms with Gasteiger partial charge in [0.05, 0.1) is 5.56 Å². The molecule has 0 bridgehead atoms. The Labute approximate surface area is 115 Å². The molecule has 1 saturated heterocycles. The molecule has 2 heterocycles. The van der Waals surface area contributed by atoms with Crippen LogP contribution in [0.2, 0.25) is 0 Å². The van der Waals surface area contributed by atoms with Crippen LogP contribution in [0.15, 0.2) is 6.07 Å². The van der Waals surface area contributed by atoms with Gasteiger partial charge in [-0.2, -0.15) is 0 Å². The maximum Gasteiger partial charge on any atom is 0.255 e. The minimum atomic E-state index is 0. The van der Waals surface area contributed by atoms with E-state index in [1.54, 1.807) is 0 Å². The fourth-order valence-corrected chi connectivity index (χ4v) is 2.54. The lowest BCUT2D eigenvalue weighted by molar-refractivity contribution is 0.0735. The number of aryl methyl sites for hydroxylation is 1. The second-order valence-corrected chi connectivity index (χ2v) is 4.57. The highest BCUT2D eigenvalue weighted by Crippen LogP contribution is 2.17. The van der Waals surface area contributed by atoms with Crippen LogP contribution in [0.25, 0.3) is 0 Å². The van der Waals surface area contributed by atoms with Gasteiger partial charge in [0.15, 0.2) is 0 Å². The van der Waals surface area contributed by atoms with Gasteiger partial charge >= 0.3 is 0 Å². The van der Waals surface area contributed by atoms with Gasteiger partial charge in [0.2, 0.25) is 0 Å². The molecule has 1 N–H and O–H groups in total. The molecule has 18 heavy (non-hydrogen) atoms. The summed E-state index contributed by atoms with van der Waals surface area (Å²) < 4.78 is 2.19. The van der Waals surface area contributed by atoms with Crippen molar-refractivity contribution >= 4 is 18.3 Å². The first-order chi connectivity index (χ1) is 8.15. The zero-order valence-corrected chi connectivity index (χ0v) is 12.1. The van der Waals surface area contributed by atoms with Gasteiger partial charge in [-0.3, -0.25) is 4.79 Å². The van der Waals surface area contributed by atoms with Crippen LogP contribution in [0.4, 0.5) is 0 Å². The van der Waals surface area contributed by atoms with Gasteiger partial charge in [-0.25, -0.2) is 0 Å². The number of piperazine rings is 1. The molecule has 0 radical (unpaired) electrons. The zero-order chi connectivity index (χ0) is 12.4. The summed E-state index contributed by atoms with van der Waals surface area (Å²) in [5.41, 5.74) is 3.13. The Morgan fingerprint density at radius 1 is 1.33 bits per heavy atom. The van der Waals surface area contributed by atoms with Crippen molar-refractivity contribution in [1.82, 2.24) is 14.8 Å². The molecule has 2 rings (SSSR count). The zero-order valence-electron chi connectivity index (χ0n) is 11.3. The molecule has 1 aliphatic heterocycles. The summed E-state index contributed by atoms with van der Waals surface area (Å²) >= 11 is 0. The Morgan fingerprint density at radius 2 is 1.94 bits per heavy atom. The Hall–Kier alpha value is -1.00. The van der Waals surface area contributed by atoms with E-state index in [1.165, 1.54) is 5.69 Å². The van der Waals surface area contributed by atoms with Crippen LogP contribution in [-0.2, 0) is 6.54 Å². The molecular formula is C13H22ClN3O. The number of hydrogen-bond acceptors (Lipinski definition) is 2. The van der Waals surface area contributed by atoms with Gasteiger partial charge in [0.25, 0.3) is 5.91 Å². The first-order valence-electron chi connectivity index (χ1n) is 6.32. The van der Waals surface area contributed by atoms with Crippen molar-refractivity contribution in [2.24, 2.45) is 0 Å². The summed E-state index contributed by atoms with van der Waals surface area (Å²) in [5.74, 6) is 0.180. The topological polar surface area (TPSA) is 37.3 Å². The minimum Gasteiger partial charge on any atom is -0.349 e. The predicted octanol–water partition coefficient (Wildman–Crippen LogP) is 1.59. The van der Waals surface area contributed by atoms with Crippen molar-refractivity contribution in [2.45, 2.75) is 27.3 Å². The van der Waals surface area contributed by atoms with Gasteiger partial charge < -0.3 is 14.8 Å². The van der Waals surface area contributed by atoms with Crippen molar-refractivity contribution in [2.75, 3.05) is 26.2 Å². The number of carbonyl (C=O) groups is 1. The van der Waals surface area contributed by atoms with E-state index in [0.717, 1.165) is 44.0 Å². The summed E-state index contributed by atoms with van der Waals surface area (Å²) in [6.07, 6.45) is 0. The number of nitrogens with one attached hydrogen (secondary N) is 1. The first-order valence-corrected chi connectivity index (χ1v) is 6.32. The summed E-state index contributed by atoms with van der Waals surface area (Å²) in [6.45, 7) is 10.6. The standard InChI is InChI=1S/C13H21N3O.ClH/c1-4-16-10(2)9-12(11(16)3)13(17)15-7-5-14-6-8-15;/h9,14H,4-8H2,1-3H3;1H. The highest BCUT2D eigenvalue weighted by Gasteiger charge is 2.21. The Bertz CT molecular complexity index is 422. The smallest absolute Gasteiger partial charge is 0.255 e. The van der Waals surface area contributed by atoms with E-state index < -0.39 is 0 Å². The lowest BCUT2D eigenvalue weighted by Gasteiger charge is -2.27. The van der Waals surface area contributed by atoms with Crippen LogP contribution < -0.4 is 5.32 Å². The quantitative estimate of drug-likeness (QED) is 0.887. The molecule has 1 aliphatic rings. The number of amides is 1. The molecule has 1 amide bonds. The number of rotatable bonds is 2. The third kappa shape index (κ3) is 2.70. The molecule has 0 saturated carbocycles. The van der Waals surface area contributed by atoms with Crippen molar-refractivity contribution in [3.63, 3.8) is 0 Å². The Kier molecular flexibility index (Phi) is 5.23. The molecule has 1 aromatic rings. The molecule has 0 spiro atoms. The van der Waals surface area contributed by atoms with Crippen molar-refractivity contribution in [1.29, 1.82) is 0 Å². The third-order valence-electron chi connectivity index (χ3n) is 3.52. The van der Waals surface area contributed by atoms with E-state index in [2.05, 4.69) is 23.7 Å². The monoisotopic (exact) mass is 271 g/mol. The van der Waals surface area contributed by atoms with Crippen LogP contribution in [0.3, 0.4) is 0 Å². The third-order valence-corrected chi connectivity index (χ3v) is 3.52. The highest BCUT2D eigenvalue weighted by atomic mass is 35.5. The molecule has 1 fully saturated rings. The van der Waals surface area contributed by atoms with Gasteiger partial charge in [0.1, 0.15) is 0 Å². The van der Waals surface area contributed by atoms with Crippen molar-refractivity contribution in [3.05, 3.63) is 23.0 Å². The number of nitrogens with zero attached hydrogens (tertiary/aromatic N) is 2. The lowest BCUT2D eigenvalue weighted by Crippen LogP contribution is -2.46.